The van der Waals surface area contributed by atoms with Gasteiger partial charge in [0.15, 0.2) is 0 Å². The van der Waals surface area contributed by atoms with Gasteiger partial charge in [-0.25, -0.2) is 0 Å². The Bertz CT molecular complexity index is 133. The van der Waals surface area contributed by atoms with E-state index in [1.165, 1.54) is 6.42 Å². The summed E-state index contributed by atoms with van der Waals surface area (Å²) < 4.78 is 1.56. The average molecular weight is 215 g/mol. The van der Waals surface area contributed by atoms with Gasteiger partial charge in [-0.3, -0.25) is 0 Å². The van der Waals surface area contributed by atoms with Gasteiger partial charge in [-0.1, -0.05) is 0 Å². The van der Waals surface area contributed by atoms with E-state index in [0.29, 0.717) is 0 Å². The van der Waals surface area contributed by atoms with E-state index in [2.05, 4.69) is 18.2 Å². The molecule has 0 N–H and O–H groups in total. The zero-order valence-electron chi connectivity index (χ0n) is 6.89. The Hall–Kier alpha value is 0.323. The van der Waals surface area contributed by atoms with Crippen molar-refractivity contribution in [2.45, 2.75) is 6.42 Å². The van der Waals surface area contributed by atoms with Crippen molar-refractivity contribution in [1.29, 1.82) is 0 Å². The Morgan fingerprint density at radius 3 is 2.00 bits per heavy atom. The molecule has 0 saturated carbocycles. The fourth-order valence-electron chi connectivity index (χ4n) is 0.447. The first kappa shape index (κ1) is 10.3. The van der Waals surface area contributed by atoms with Gasteiger partial charge in [0.1, 0.15) is 0 Å². The van der Waals surface area contributed by atoms with E-state index in [0.717, 1.165) is 0 Å². The first-order valence-electron chi connectivity index (χ1n) is 3.31. The van der Waals surface area contributed by atoms with Crippen molar-refractivity contribution >= 4 is 0 Å². The molecule has 1 nitrogen and oxygen atoms in total. The van der Waals surface area contributed by atoms with Gasteiger partial charge >= 0.3 is 52.6 Å². The number of hydrogen-bond acceptors (Lipinski definition) is 1. The molecule has 0 unspecified atom stereocenters. The third-order valence-corrected chi connectivity index (χ3v) is 1.68. The van der Waals surface area contributed by atoms with E-state index in [1.807, 2.05) is 26.0 Å². The second-order valence-electron chi connectivity index (χ2n) is 2.67. The molecular weight excluding hydrogens is 201 g/mol. The zero-order valence-corrected chi connectivity index (χ0v) is 9.34. The van der Waals surface area contributed by atoms with E-state index in [9.17, 15) is 0 Å². The molecule has 2 heteroatoms. The van der Waals surface area contributed by atoms with Crippen LogP contribution in [0.15, 0.2) is 21.5 Å². The Kier molecular flexibility index (Phi) is 6.26. The average Bonchev–Trinajstić information content (AvgIpc) is 2.15. The Morgan fingerprint density at radius 2 is 1.90 bits per heavy atom. The maximum atomic E-state index is 2.18. The van der Waals surface area contributed by atoms with Gasteiger partial charge in [0.25, 0.3) is 0 Å². The molecule has 0 radical (unpaired) electrons. The molecule has 0 spiro atoms. The molecule has 0 heterocycles. The summed E-state index contributed by atoms with van der Waals surface area (Å²) in [5.74, 6) is 0. The zero-order chi connectivity index (χ0) is 7.98. The second kappa shape index (κ2) is 6.06. The van der Waals surface area contributed by atoms with E-state index in [-0.39, 0.29) is 0 Å². The Morgan fingerprint density at radius 1 is 1.40 bits per heavy atom. The fraction of sp³-hybridized carbons (Fsp3) is 0.500. The van der Waals surface area contributed by atoms with Gasteiger partial charge in [0.2, 0.25) is 0 Å². The summed E-state index contributed by atoms with van der Waals surface area (Å²) in [7, 11) is 6.00. The van der Waals surface area contributed by atoms with Gasteiger partial charge in [0, 0.05) is 0 Å². The van der Waals surface area contributed by atoms with Crippen LogP contribution in [0.25, 0.3) is 0 Å². The van der Waals surface area contributed by atoms with Gasteiger partial charge in [-0.2, -0.15) is 0 Å². The number of rotatable bonds is 0. The maximum absolute atomic E-state index is 2.18. The molecule has 0 saturated heterocycles. The molecule has 1 rings (SSSR count). The summed E-state index contributed by atoms with van der Waals surface area (Å²) in [5.41, 5.74) is 0. The molecule has 55 valence electrons. The molecule has 0 fully saturated rings. The summed E-state index contributed by atoms with van der Waals surface area (Å²) in [6.07, 6.45) is 7.69. The van der Waals surface area contributed by atoms with Crippen LogP contribution < -0.4 is 0 Å². The van der Waals surface area contributed by atoms with Crippen molar-refractivity contribution in [2.75, 3.05) is 21.1 Å². The molecule has 0 amide bonds. The SMILES string of the molecule is CN(C)C.[Zr][C]1=CC=CC1. The van der Waals surface area contributed by atoms with Crippen molar-refractivity contribution in [3.05, 3.63) is 21.5 Å². The quantitative estimate of drug-likeness (QED) is 0.593. The van der Waals surface area contributed by atoms with E-state index >= 15 is 0 Å². The van der Waals surface area contributed by atoms with Crippen molar-refractivity contribution < 1.29 is 24.7 Å². The van der Waals surface area contributed by atoms with Gasteiger partial charge in [0.05, 0.1) is 0 Å². The summed E-state index contributed by atoms with van der Waals surface area (Å²) in [6, 6.07) is 0. The third-order valence-electron chi connectivity index (χ3n) is 0.771. The number of allylic oxidation sites excluding steroid dienone is 4. The standard InChI is InChI=1S/C5H5.C3H9N.Zr/c1-2-4-5-3-1;1-4(2)3;/h1-3H,4H2;1-3H3;. The monoisotopic (exact) mass is 214 g/mol. The predicted octanol–water partition coefficient (Wildman–Crippen LogP) is 1.55. The normalized spacial score (nSPS) is 14.5. The molecule has 0 bridgehead atoms. The first-order chi connectivity index (χ1) is 4.63. The van der Waals surface area contributed by atoms with Crippen LogP contribution in [0.5, 0.6) is 0 Å². The Balaban J connectivity index is 0.000000180. The summed E-state index contributed by atoms with van der Waals surface area (Å²) in [4.78, 5) is 2.00. The molecule has 0 aliphatic heterocycles. The van der Waals surface area contributed by atoms with Crippen LogP contribution in [-0.2, 0) is 24.7 Å². The molecule has 1 aliphatic rings. The number of hydrogen-bond donors (Lipinski definition) is 0. The van der Waals surface area contributed by atoms with Crippen LogP contribution >= 0.6 is 0 Å². The van der Waals surface area contributed by atoms with Crippen LogP contribution in [0.1, 0.15) is 6.42 Å². The number of nitrogens with zero attached hydrogens (tertiary/aromatic N) is 1. The van der Waals surface area contributed by atoms with Gasteiger partial charge in [-0.05, 0) is 21.1 Å². The van der Waals surface area contributed by atoms with Crippen LogP contribution in [0.2, 0.25) is 0 Å². The topological polar surface area (TPSA) is 3.24 Å². The van der Waals surface area contributed by atoms with Crippen molar-refractivity contribution in [3.63, 3.8) is 0 Å². The van der Waals surface area contributed by atoms with Gasteiger partial charge in [-0.15, -0.1) is 0 Å². The minimum absolute atomic E-state index is 1.21. The molecule has 1 aliphatic carbocycles. The predicted molar refractivity (Wildman–Crippen MR) is 41.5 cm³/mol. The Labute approximate surface area is 78.6 Å². The summed E-state index contributed by atoms with van der Waals surface area (Å²) in [6.45, 7) is 0. The molecule has 0 aromatic rings. The van der Waals surface area contributed by atoms with E-state index in [4.69, 9.17) is 0 Å². The first-order valence-corrected chi connectivity index (χ1v) is 4.54. The van der Waals surface area contributed by atoms with Crippen LogP contribution in [0, 0.1) is 0 Å². The van der Waals surface area contributed by atoms with Gasteiger partial charge < -0.3 is 4.90 Å². The summed E-state index contributed by atoms with van der Waals surface area (Å²) >= 11 is 1.56. The van der Waals surface area contributed by atoms with Crippen LogP contribution in [0.4, 0.5) is 0 Å². The van der Waals surface area contributed by atoms with E-state index < -0.39 is 0 Å². The molecule has 10 heavy (non-hydrogen) atoms. The fourth-order valence-corrected chi connectivity index (χ4v) is 0.973. The molecule has 0 atom stereocenters. The van der Waals surface area contributed by atoms with Crippen molar-refractivity contribution in [2.24, 2.45) is 0 Å². The molecule has 0 aromatic carbocycles. The second-order valence-corrected chi connectivity index (χ2v) is 4.24. The van der Waals surface area contributed by atoms with Crippen LogP contribution in [-0.4, -0.2) is 26.0 Å². The van der Waals surface area contributed by atoms with E-state index in [1.54, 1.807) is 28.0 Å². The van der Waals surface area contributed by atoms with Crippen LogP contribution in [0.3, 0.4) is 0 Å². The third kappa shape index (κ3) is 8.32. The molecule has 0 aromatic heterocycles. The molecular formula is C8H14NZr. The van der Waals surface area contributed by atoms with Crippen molar-refractivity contribution in [3.8, 4) is 0 Å². The minimum atomic E-state index is 1.21. The summed E-state index contributed by atoms with van der Waals surface area (Å²) in [5, 5.41) is 0. The van der Waals surface area contributed by atoms with Crippen molar-refractivity contribution in [1.82, 2.24) is 4.90 Å².